The van der Waals surface area contributed by atoms with Crippen LogP contribution < -0.4 is 0 Å². The molecule has 4 aliphatic rings. The van der Waals surface area contributed by atoms with Gasteiger partial charge in [-0.15, -0.1) is 11.4 Å². The van der Waals surface area contributed by atoms with Gasteiger partial charge < -0.3 is 17.8 Å². The summed E-state index contributed by atoms with van der Waals surface area (Å²) in [5.41, 5.74) is 15.1. The Balaban J connectivity index is 0.000000386. The first-order valence-corrected chi connectivity index (χ1v) is 55.3. The Bertz CT molecular complexity index is 3750. The summed E-state index contributed by atoms with van der Waals surface area (Å²) in [5, 5.41) is 0. The zero-order valence-electron chi connectivity index (χ0n) is 68.7. The minimum Gasteiger partial charge on any atom is -0.671 e. The molecule has 8 aromatic carbocycles. The summed E-state index contributed by atoms with van der Waals surface area (Å²) in [4.78, 5) is 14.7. The van der Waals surface area contributed by atoms with Crippen molar-refractivity contribution in [3.8, 4) is 0 Å². The van der Waals surface area contributed by atoms with Gasteiger partial charge in [-0.1, -0.05) is 333 Å². The standard InChI is InChI=1S/C60H98N8Si6.4C7H8/c1-43(2)49-39-33-40-50(44(3)4)53(49)61-71-67(69(21,22)23)74(65(59(15,16)17)56(66(74)60(18,19)20)48-37-31-28-32-38-48)72(71,62-54-51(45(5)6)41-34-42-52(54)46(7)8)68(70(24,25)26)73(71)63(57(9,10)11)55(64(73)58(12,13)14)47-35-29-27-30-36-47;4*1-7-5-3-2-4-6-7/h27-46H,1-26H3;4*2-6H,1H3/t71-,72-;;;;/m1..../s1. The molecule has 14 heteroatoms. The largest absolute Gasteiger partial charge is 0.671 e. The Hall–Kier alpha value is -6.48. The van der Waals surface area contributed by atoms with E-state index in [0.29, 0.717) is 23.7 Å². The maximum atomic E-state index is 7.36. The highest BCUT2D eigenvalue weighted by Crippen LogP contribution is 2.77. The number of hydrogen-bond donors (Lipinski definition) is 0. The van der Waals surface area contributed by atoms with Crippen molar-refractivity contribution in [1.29, 1.82) is 0 Å². The molecule has 546 valence electrons. The second kappa shape index (κ2) is 30.9. The molecule has 8 aromatic rings. The first kappa shape index (κ1) is 81.2. The van der Waals surface area contributed by atoms with E-state index in [1.54, 1.807) is 0 Å². The van der Waals surface area contributed by atoms with Crippen LogP contribution in [0.15, 0.2) is 218 Å². The molecule has 0 unspecified atom stereocenters. The summed E-state index contributed by atoms with van der Waals surface area (Å²) < 4.78 is 19.6. The van der Waals surface area contributed by atoms with Crippen molar-refractivity contribution in [2.45, 2.75) is 251 Å². The number of amidine groups is 2. The molecule has 2 saturated heterocycles. The predicted octanol–water partition coefficient (Wildman–Crippen LogP) is 23.9. The number of nitrogens with zero attached hydrogens (tertiary/aromatic N) is 8. The van der Waals surface area contributed by atoms with Crippen LogP contribution in [0.25, 0.3) is 9.96 Å². The number of aryl methyl sites for hydroxylation is 4. The molecule has 12 rings (SSSR count). The van der Waals surface area contributed by atoms with E-state index in [1.807, 2.05) is 72.8 Å². The molecule has 0 radical (unpaired) electrons. The van der Waals surface area contributed by atoms with Crippen LogP contribution in [0.2, 0.25) is 39.3 Å². The molecular weight excluding hydrogens is 1340 g/mol. The van der Waals surface area contributed by atoms with Gasteiger partial charge in [0.05, 0.1) is 33.3 Å². The van der Waals surface area contributed by atoms with Gasteiger partial charge in [0, 0.05) is 0 Å². The third kappa shape index (κ3) is 15.1. The van der Waals surface area contributed by atoms with Crippen molar-refractivity contribution >= 4 is 70.5 Å². The van der Waals surface area contributed by atoms with Gasteiger partial charge in [-0.25, -0.2) is 0 Å². The third-order valence-electron chi connectivity index (χ3n) is 19.9. The summed E-state index contributed by atoms with van der Waals surface area (Å²) in [5.74, 6) is 3.95. The Kier molecular flexibility index (Phi) is 24.6. The van der Waals surface area contributed by atoms with E-state index < -0.39 is 47.5 Å². The van der Waals surface area contributed by atoms with Gasteiger partial charge in [0.25, 0.3) is 11.7 Å². The molecule has 4 heterocycles. The third-order valence-corrected chi connectivity index (χ3v) is 89.9. The van der Waals surface area contributed by atoms with Gasteiger partial charge in [0.15, 0.2) is 14.9 Å². The summed E-state index contributed by atoms with van der Waals surface area (Å²) in [6, 6.07) is 78.5. The average Bonchev–Trinajstić information content (AvgIpc) is 0.566. The Labute approximate surface area is 626 Å². The summed E-state index contributed by atoms with van der Waals surface area (Å²) in [6.45, 7) is 74.5. The fraction of sp³-hybridized carbons (Fsp3) is 0.432. The first-order valence-electron chi connectivity index (χ1n) is 37.9. The van der Waals surface area contributed by atoms with E-state index in [0.717, 1.165) is 0 Å². The van der Waals surface area contributed by atoms with Crippen molar-refractivity contribution in [1.82, 2.24) is 16.9 Å². The van der Waals surface area contributed by atoms with Gasteiger partial charge in [0.2, 0.25) is 0 Å². The molecule has 4 aliphatic heterocycles. The molecule has 0 aromatic heterocycles. The smallest absolute Gasteiger partial charge is 0.512 e. The van der Waals surface area contributed by atoms with Crippen LogP contribution in [0.3, 0.4) is 0 Å². The Morgan fingerprint density at radius 1 is 0.304 bits per heavy atom. The molecule has 0 aliphatic carbocycles. The van der Waals surface area contributed by atoms with Gasteiger partial charge in [-0.3, -0.25) is 17.6 Å². The van der Waals surface area contributed by atoms with Gasteiger partial charge >= 0.3 is 16.2 Å². The van der Waals surface area contributed by atoms with Gasteiger partial charge in [0.1, 0.15) is 16.5 Å². The van der Waals surface area contributed by atoms with Crippen molar-refractivity contribution in [2.24, 2.45) is 0 Å². The lowest BCUT2D eigenvalue weighted by Crippen LogP contribution is -3.32. The molecule has 0 amide bonds. The number of hydrogen-bond acceptors (Lipinski definition) is 4. The van der Waals surface area contributed by atoms with E-state index in [1.165, 1.54) is 78.7 Å². The van der Waals surface area contributed by atoms with Crippen LogP contribution in [0.1, 0.15) is 218 Å². The molecule has 0 bridgehead atoms. The lowest BCUT2D eigenvalue weighted by molar-refractivity contribution is -0.528. The van der Waals surface area contributed by atoms with E-state index in [-0.39, 0.29) is 22.2 Å². The molecular formula is C88H130N8Si6. The zero-order chi connectivity index (χ0) is 75.7. The molecule has 0 saturated carbocycles. The molecule has 2 spiro atoms. The lowest BCUT2D eigenvalue weighted by Gasteiger charge is -2.98. The summed E-state index contributed by atoms with van der Waals surface area (Å²) >= 11 is 0. The maximum absolute atomic E-state index is 7.36. The lowest BCUT2D eigenvalue weighted by atomic mass is 9.93. The second-order valence-corrected chi connectivity index (χ2v) is 73.0. The van der Waals surface area contributed by atoms with Crippen molar-refractivity contribution in [3.63, 3.8) is 0 Å². The van der Waals surface area contributed by atoms with Gasteiger partial charge in [-0.05, 0) is 159 Å². The Morgan fingerprint density at radius 2 is 0.510 bits per heavy atom. The molecule has 8 nitrogen and oxygen atoms in total. The maximum Gasteiger partial charge on any atom is 0.512 e. The molecule has 4 atom stereocenters. The first-order chi connectivity index (χ1) is 47.4. The topological polar surface area (TPSA) is 47.2 Å². The normalized spacial score (nSPS) is 20.6. The zero-order valence-corrected chi connectivity index (χ0v) is 74.7. The van der Waals surface area contributed by atoms with E-state index in [4.69, 9.17) is 9.96 Å². The monoisotopic (exact) mass is 1470 g/mol. The average molecular weight is 1470 g/mol. The predicted molar refractivity (Wildman–Crippen MR) is 458 cm³/mol. The fourth-order valence-corrected chi connectivity index (χ4v) is 142. The van der Waals surface area contributed by atoms with Crippen LogP contribution in [-0.4, -0.2) is 107 Å². The second-order valence-electron chi connectivity index (χ2n) is 36.1. The van der Waals surface area contributed by atoms with Crippen LogP contribution in [-0.2, 0) is 0 Å². The van der Waals surface area contributed by atoms with Crippen LogP contribution in [0, 0.1) is 27.7 Å². The minimum atomic E-state index is -3.48. The molecule has 2 fully saturated rings. The summed E-state index contributed by atoms with van der Waals surface area (Å²) in [7, 11) is -18.5. The molecule has 0 N–H and O–H groups in total. The van der Waals surface area contributed by atoms with Crippen LogP contribution >= 0.6 is 0 Å². The number of fused-ring (bicyclic) bond motifs is 3. The number of benzene rings is 8. The highest BCUT2D eigenvalue weighted by atomic mass is 29.9. The van der Waals surface area contributed by atoms with E-state index in [9.17, 15) is 0 Å². The van der Waals surface area contributed by atoms with Crippen molar-refractivity contribution < 1.29 is 8.48 Å². The SMILES string of the molecule is CC(C)c1cccc(C(C)C)c1[N-][Si@@]12N([Si](C)(C)C)[Si@]3(N(C(C)(C)C)C(c4ccccc4)=[N+]3C(C)(C)C)[Si@]1([N-]c1c(C(C)C)cccc1C(C)C)N([Si](C)(C)C)[Si@]21N(C(C)(C)C)C(c2ccccc2)=[N+]1C(C)(C)C.Cc1ccccc1.Cc1ccccc1.Cc1ccccc1.Cc1ccccc1. The van der Waals surface area contributed by atoms with Crippen LogP contribution in [0.5, 0.6) is 0 Å². The quantitative estimate of drug-likeness (QED) is 0.114. The van der Waals surface area contributed by atoms with Gasteiger partial charge in [-0.2, -0.15) is 0 Å². The van der Waals surface area contributed by atoms with E-state index >= 15 is 0 Å². The van der Waals surface area contributed by atoms with E-state index in [2.05, 4.69) is 376 Å². The van der Waals surface area contributed by atoms with Crippen LogP contribution in [0.4, 0.5) is 11.4 Å². The Morgan fingerprint density at radius 3 is 0.667 bits per heavy atom. The highest BCUT2D eigenvalue weighted by molar-refractivity contribution is 7.99. The highest BCUT2D eigenvalue weighted by Gasteiger charge is 3.12. The number of rotatable bonds is 12. The van der Waals surface area contributed by atoms with Crippen molar-refractivity contribution in [3.05, 3.63) is 284 Å². The van der Waals surface area contributed by atoms with Crippen molar-refractivity contribution in [2.75, 3.05) is 0 Å². The minimum absolute atomic E-state index is 0.242. The summed E-state index contributed by atoms with van der Waals surface area (Å²) in [6.07, 6.45) is 0. The molecule has 102 heavy (non-hydrogen) atoms. The fourth-order valence-electron chi connectivity index (χ4n) is 16.5.